The molecule has 0 N–H and O–H groups in total. The van der Waals surface area contributed by atoms with Crippen molar-refractivity contribution in [3.63, 3.8) is 0 Å². The quantitative estimate of drug-likeness (QED) is 0.642. The van der Waals surface area contributed by atoms with Crippen molar-refractivity contribution in [1.82, 2.24) is 19.9 Å². The molecule has 1 aliphatic heterocycles. The van der Waals surface area contributed by atoms with Crippen LogP contribution in [0.2, 0.25) is 0 Å². The molecule has 1 saturated heterocycles. The van der Waals surface area contributed by atoms with Gasteiger partial charge in [0.25, 0.3) is 5.91 Å². The summed E-state index contributed by atoms with van der Waals surface area (Å²) in [7, 11) is 0. The predicted molar refractivity (Wildman–Crippen MR) is 109 cm³/mol. The Morgan fingerprint density at radius 1 is 1.07 bits per heavy atom. The van der Waals surface area contributed by atoms with Gasteiger partial charge in [0, 0.05) is 56.7 Å². The van der Waals surface area contributed by atoms with Gasteiger partial charge < -0.3 is 14.2 Å². The molecule has 2 aromatic heterocycles. The van der Waals surface area contributed by atoms with Crippen LogP contribution in [0.1, 0.15) is 23.0 Å². The molecule has 0 bridgehead atoms. The van der Waals surface area contributed by atoms with E-state index in [1.54, 1.807) is 6.07 Å². The minimum atomic E-state index is -0.0884. The lowest BCUT2D eigenvalue weighted by Crippen LogP contribution is -2.48. The molecule has 1 aromatic carbocycles. The van der Waals surface area contributed by atoms with Crippen LogP contribution in [0.4, 0.5) is 0 Å². The molecule has 1 fully saturated rings. The SMILES string of the molecule is CCOc1ccc(-c2cc(C(=O)N3CCN(Cc4ccncc4)CC3)no2)cc1. The molecule has 0 unspecified atom stereocenters. The Kier molecular flexibility index (Phi) is 5.86. The van der Waals surface area contributed by atoms with Gasteiger partial charge in [0.2, 0.25) is 0 Å². The summed E-state index contributed by atoms with van der Waals surface area (Å²) in [5.74, 6) is 1.29. The first kappa shape index (κ1) is 19.1. The molecule has 29 heavy (non-hydrogen) atoms. The zero-order chi connectivity index (χ0) is 20.1. The standard InChI is InChI=1S/C22H24N4O3/c1-2-28-19-5-3-18(4-6-19)21-15-20(24-29-21)22(27)26-13-11-25(12-14-26)16-17-7-9-23-10-8-17/h3-10,15H,2,11-14,16H2,1H3. The van der Waals surface area contributed by atoms with Crippen LogP contribution in [0.5, 0.6) is 5.75 Å². The number of hydrogen-bond donors (Lipinski definition) is 0. The van der Waals surface area contributed by atoms with Crippen LogP contribution >= 0.6 is 0 Å². The van der Waals surface area contributed by atoms with Crippen molar-refractivity contribution >= 4 is 5.91 Å². The topological polar surface area (TPSA) is 71.7 Å². The maximum absolute atomic E-state index is 12.8. The number of pyridine rings is 1. The number of hydrogen-bond acceptors (Lipinski definition) is 6. The zero-order valence-electron chi connectivity index (χ0n) is 16.5. The van der Waals surface area contributed by atoms with Crippen LogP contribution in [0, 0.1) is 0 Å². The molecule has 3 aromatic rings. The van der Waals surface area contributed by atoms with Crippen molar-refractivity contribution in [3.05, 3.63) is 66.1 Å². The number of aromatic nitrogens is 2. The molecule has 0 saturated carbocycles. The van der Waals surface area contributed by atoms with Crippen molar-refractivity contribution in [3.8, 4) is 17.1 Å². The van der Waals surface area contributed by atoms with E-state index in [2.05, 4.69) is 15.0 Å². The third kappa shape index (κ3) is 4.63. The van der Waals surface area contributed by atoms with E-state index in [0.717, 1.165) is 30.9 Å². The van der Waals surface area contributed by atoms with Crippen LogP contribution in [0.25, 0.3) is 11.3 Å². The summed E-state index contributed by atoms with van der Waals surface area (Å²) >= 11 is 0. The highest BCUT2D eigenvalue weighted by Crippen LogP contribution is 2.24. The second kappa shape index (κ2) is 8.87. The number of ether oxygens (including phenoxy) is 1. The van der Waals surface area contributed by atoms with Crippen molar-refractivity contribution in [1.29, 1.82) is 0 Å². The number of rotatable bonds is 6. The summed E-state index contributed by atoms with van der Waals surface area (Å²) in [6.45, 7) is 6.45. The smallest absolute Gasteiger partial charge is 0.276 e. The highest BCUT2D eigenvalue weighted by molar-refractivity contribution is 5.93. The van der Waals surface area contributed by atoms with Crippen LogP contribution in [0.3, 0.4) is 0 Å². The second-order valence-electron chi connectivity index (χ2n) is 6.96. The monoisotopic (exact) mass is 392 g/mol. The Bertz CT molecular complexity index is 932. The van der Waals surface area contributed by atoms with Gasteiger partial charge in [-0.2, -0.15) is 0 Å². The van der Waals surface area contributed by atoms with E-state index < -0.39 is 0 Å². The van der Waals surface area contributed by atoms with Crippen LogP contribution in [0.15, 0.2) is 59.4 Å². The maximum Gasteiger partial charge on any atom is 0.276 e. The fourth-order valence-electron chi connectivity index (χ4n) is 3.41. The summed E-state index contributed by atoms with van der Waals surface area (Å²) < 4.78 is 10.9. The van der Waals surface area contributed by atoms with Gasteiger partial charge >= 0.3 is 0 Å². The molecule has 0 atom stereocenters. The molecule has 0 radical (unpaired) electrons. The number of benzene rings is 1. The normalized spacial score (nSPS) is 14.7. The number of amides is 1. The number of carbonyl (C=O) groups is 1. The molecule has 1 aliphatic rings. The average molecular weight is 392 g/mol. The Hall–Kier alpha value is -3.19. The van der Waals surface area contributed by atoms with E-state index in [4.69, 9.17) is 9.26 Å². The van der Waals surface area contributed by atoms with Crippen LogP contribution < -0.4 is 4.74 Å². The van der Waals surface area contributed by atoms with E-state index in [1.165, 1.54) is 5.56 Å². The van der Waals surface area contributed by atoms with E-state index in [-0.39, 0.29) is 5.91 Å². The second-order valence-corrected chi connectivity index (χ2v) is 6.96. The van der Waals surface area contributed by atoms with E-state index >= 15 is 0 Å². The third-order valence-corrected chi connectivity index (χ3v) is 4.99. The maximum atomic E-state index is 12.8. The van der Waals surface area contributed by atoms with Crippen molar-refractivity contribution < 1.29 is 14.1 Å². The third-order valence-electron chi connectivity index (χ3n) is 4.99. The van der Waals surface area contributed by atoms with E-state index in [1.807, 2.05) is 60.6 Å². The number of carbonyl (C=O) groups excluding carboxylic acids is 1. The number of nitrogens with zero attached hydrogens (tertiary/aromatic N) is 4. The molecule has 4 rings (SSSR count). The van der Waals surface area contributed by atoms with Crippen LogP contribution in [-0.4, -0.2) is 58.6 Å². The summed E-state index contributed by atoms with van der Waals surface area (Å²) in [5.41, 5.74) is 2.44. The van der Waals surface area contributed by atoms with Crippen LogP contribution in [-0.2, 0) is 6.54 Å². The lowest BCUT2D eigenvalue weighted by atomic mass is 10.1. The molecule has 7 nitrogen and oxygen atoms in total. The molecule has 150 valence electrons. The zero-order valence-corrected chi connectivity index (χ0v) is 16.5. The van der Waals surface area contributed by atoms with E-state index in [0.29, 0.717) is 31.2 Å². The van der Waals surface area contributed by atoms with Gasteiger partial charge in [-0.3, -0.25) is 14.7 Å². The predicted octanol–water partition coefficient (Wildman–Crippen LogP) is 3.09. The Balaban J connectivity index is 1.34. The Morgan fingerprint density at radius 2 is 1.79 bits per heavy atom. The fraction of sp³-hybridized carbons (Fsp3) is 0.318. The first-order chi connectivity index (χ1) is 14.2. The molecule has 7 heteroatoms. The molecular weight excluding hydrogens is 368 g/mol. The summed E-state index contributed by atoms with van der Waals surface area (Å²) in [5, 5.41) is 4.00. The highest BCUT2D eigenvalue weighted by atomic mass is 16.5. The van der Waals surface area contributed by atoms with Gasteiger partial charge in [-0.15, -0.1) is 0 Å². The molecule has 0 spiro atoms. The molecule has 3 heterocycles. The van der Waals surface area contributed by atoms with E-state index in [9.17, 15) is 4.79 Å². The van der Waals surface area contributed by atoms with Gasteiger partial charge in [0.05, 0.1) is 6.61 Å². The lowest BCUT2D eigenvalue weighted by molar-refractivity contribution is 0.0618. The summed E-state index contributed by atoms with van der Waals surface area (Å²) in [6.07, 6.45) is 3.61. The first-order valence-corrected chi connectivity index (χ1v) is 9.83. The van der Waals surface area contributed by atoms with Crippen molar-refractivity contribution in [2.45, 2.75) is 13.5 Å². The van der Waals surface area contributed by atoms with Gasteiger partial charge in [-0.25, -0.2) is 0 Å². The molecule has 1 amide bonds. The molecule has 0 aliphatic carbocycles. The average Bonchev–Trinajstić information content (AvgIpc) is 3.26. The summed E-state index contributed by atoms with van der Waals surface area (Å²) in [6, 6.07) is 13.3. The largest absolute Gasteiger partial charge is 0.494 e. The fourth-order valence-corrected chi connectivity index (χ4v) is 3.41. The number of piperazine rings is 1. The molecular formula is C22H24N4O3. The van der Waals surface area contributed by atoms with Gasteiger partial charge in [-0.1, -0.05) is 5.16 Å². The van der Waals surface area contributed by atoms with Gasteiger partial charge in [-0.05, 0) is 48.9 Å². The first-order valence-electron chi connectivity index (χ1n) is 9.83. The Morgan fingerprint density at radius 3 is 2.48 bits per heavy atom. The highest BCUT2D eigenvalue weighted by Gasteiger charge is 2.24. The van der Waals surface area contributed by atoms with Gasteiger partial charge in [0.1, 0.15) is 5.75 Å². The van der Waals surface area contributed by atoms with Crippen molar-refractivity contribution in [2.24, 2.45) is 0 Å². The van der Waals surface area contributed by atoms with Gasteiger partial charge in [0.15, 0.2) is 11.5 Å². The Labute approximate surface area is 169 Å². The minimum Gasteiger partial charge on any atom is -0.494 e. The minimum absolute atomic E-state index is 0.0884. The summed E-state index contributed by atoms with van der Waals surface area (Å²) in [4.78, 5) is 21.0. The van der Waals surface area contributed by atoms with Crippen molar-refractivity contribution in [2.75, 3.05) is 32.8 Å². The lowest BCUT2D eigenvalue weighted by Gasteiger charge is -2.34.